The molecule has 1 aromatic rings. The van der Waals surface area contributed by atoms with Crippen LogP contribution in [0.3, 0.4) is 0 Å². The Bertz CT molecular complexity index is 673. The van der Waals surface area contributed by atoms with E-state index < -0.39 is 0 Å². The van der Waals surface area contributed by atoms with Crippen LogP contribution in [0.5, 0.6) is 0 Å². The normalized spacial score (nSPS) is 21.1. The van der Waals surface area contributed by atoms with Crippen LogP contribution in [0, 0.1) is 12.3 Å². The maximum Gasteiger partial charge on any atom is 0.224 e. The van der Waals surface area contributed by atoms with E-state index in [1.165, 1.54) is 0 Å². The van der Waals surface area contributed by atoms with Crippen molar-refractivity contribution in [2.75, 3.05) is 26.2 Å². The molecule has 0 N–H and O–H groups in total. The van der Waals surface area contributed by atoms with E-state index in [1.807, 2.05) is 22.9 Å². The molecule has 6 nitrogen and oxygen atoms in total. The van der Waals surface area contributed by atoms with E-state index in [0.717, 1.165) is 44.7 Å². The Morgan fingerprint density at radius 3 is 2.73 bits per heavy atom. The van der Waals surface area contributed by atoms with Gasteiger partial charge in [-0.2, -0.15) is 0 Å². The van der Waals surface area contributed by atoms with Gasteiger partial charge in [-0.05, 0) is 38.5 Å². The molecule has 0 bridgehead atoms. The Kier molecular flexibility index (Phi) is 5.49. The molecule has 3 heterocycles. The molecule has 0 radical (unpaired) electrons. The van der Waals surface area contributed by atoms with Gasteiger partial charge in [-0.3, -0.25) is 9.59 Å². The number of piperidine rings is 2. The Hall–Kier alpha value is -2.11. The van der Waals surface area contributed by atoms with Crippen molar-refractivity contribution in [1.82, 2.24) is 19.4 Å². The molecule has 0 saturated carbocycles. The quantitative estimate of drug-likeness (QED) is 0.760. The predicted molar refractivity (Wildman–Crippen MR) is 101 cm³/mol. The van der Waals surface area contributed by atoms with Crippen molar-refractivity contribution < 1.29 is 9.59 Å². The third-order valence-corrected chi connectivity index (χ3v) is 6.08. The van der Waals surface area contributed by atoms with Gasteiger partial charge in [-0.25, -0.2) is 4.98 Å². The minimum atomic E-state index is 0.122. The lowest BCUT2D eigenvalue weighted by Crippen LogP contribution is -2.52. The zero-order valence-corrected chi connectivity index (χ0v) is 16.0. The average molecular weight is 358 g/mol. The van der Waals surface area contributed by atoms with Gasteiger partial charge in [0, 0.05) is 57.5 Å². The second-order valence-corrected chi connectivity index (χ2v) is 7.88. The van der Waals surface area contributed by atoms with Crippen molar-refractivity contribution in [2.45, 2.75) is 52.0 Å². The average Bonchev–Trinajstić information content (AvgIpc) is 3.05. The first kappa shape index (κ1) is 18.7. The number of amides is 2. The van der Waals surface area contributed by atoms with Gasteiger partial charge in [0.05, 0.1) is 0 Å². The van der Waals surface area contributed by atoms with E-state index in [4.69, 9.17) is 0 Å². The Labute approximate surface area is 155 Å². The zero-order valence-electron chi connectivity index (χ0n) is 16.0. The third-order valence-electron chi connectivity index (χ3n) is 6.08. The van der Waals surface area contributed by atoms with Crippen LogP contribution in [0.2, 0.25) is 0 Å². The van der Waals surface area contributed by atoms with Crippen molar-refractivity contribution in [3.63, 3.8) is 0 Å². The highest BCUT2D eigenvalue weighted by Crippen LogP contribution is 2.40. The van der Waals surface area contributed by atoms with Gasteiger partial charge in [0.1, 0.15) is 5.82 Å². The molecule has 2 fully saturated rings. The summed E-state index contributed by atoms with van der Waals surface area (Å²) in [7, 11) is 0. The summed E-state index contributed by atoms with van der Waals surface area (Å²) < 4.78 is 2.06. The van der Waals surface area contributed by atoms with Gasteiger partial charge >= 0.3 is 0 Å². The molecule has 2 amide bonds. The third kappa shape index (κ3) is 3.84. The molecule has 6 heteroatoms. The monoisotopic (exact) mass is 358 g/mol. The minimum Gasteiger partial charge on any atom is -0.343 e. The number of carbonyl (C=O) groups is 2. The molecule has 1 spiro atoms. The topological polar surface area (TPSA) is 58.4 Å². The summed E-state index contributed by atoms with van der Waals surface area (Å²) in [5.74, 6) is 1.39. The number of imidazole rings is 1. The van der Waals surface area contributed by atoms with E-state index >= 15 is 0 Å². The fourth-order valence-electron chi connectivity index (χ4n) is 4.40. The first-order valence-electron chi connectivity index (χ1n) is 9.60. The van der Waals surface area contributed by atoms with Crippen LogP contribution in [0.15, 0.2) is 25.0 Å². The summed E-state index contributed by atoms with van der Waals surface area (Å²) >= 11 is 0. The lowest BCUT2D eigenvalue weighted by molar-refractivity contribution is -0.142. The number of rotatable bonds is 5. The molecule has 0 aromatic carbocycles. The summed E-state index contributed by atoms with van der Waals surface area (Å²) in [4.78, 5) is 32.9. The smallest absolute Gasteiger partial charge is 0.224 e. The predicted octanol–water partition coefficient (Wildman–Crippen LogP) is 2.56. The summed E-state index contributed by atoms with van der Waals surface area (Å²) in [5, 5.41) is 0. The van der Waals surface area contributed by atoms with E-state index in [0.29, 0.717) is 19.4 Å². The number of hydrogen-bond donors (Lipinski definition) is 0. The van der Waals surface area contributed by atoms with Crippen molar-refractivity contribution in [1.29, 1.82) is 0 Å². The second kappa shape index (κ2) is 7.64. The molecule has 1 aromatic heterocycles. The summed E-state index contributed by atoms with van der Waals surface area (Å²) in [6, 6.07) is 0.122. The fraction of sp³-hybridized carbons (Fsp3) is 0.650. The lowest BCUT2D eigenvalue weighted by atomic mass is 9.72. The van der Waals surface area contributed by atoms with E-state index in [1.54, 1.807) is 12.3 Å². The Morgan fingerprint density at radius 2 is 2.12 bits per heavy atom. The van der Waals surface area contributed by atoms with Crippen molar-refractivity contribution in [2.24, 2.45) is 5.41 Å². The van der Waals surface area contributed by atoms with Crippen molar-refractivity contribution in [3.8, 4) is 0 Å². The van der Waals surface area contributed by atoms with Crippen LogP contribution in [0.1, 0.15) is 50.9 Å². The maximum absolute atomic E-state index is 12.7. The van der Waals surface area contributed by atoms with Crippen LogP contribution in [0.4, 0.5) is 0 Å². The number of likely N-dealkylation sites (tertiary alicyclic amines) is 2. The highest BCUT2D eigenvalue weighted by atomic mass is 16.2. The molecule has 0 aliphatic carbocycles. The summed E-state index contributed by atoms with van der Waals surface area (Å²) in [5.41, 5.74) is 0.181. The van der Waals surface area contributed by atoms with Crippen LogP contribution >= 0.6 is 0 Å². The SMILES string of the molecule is C=CCN1CC2(CCC1=O)CCN(C(=O)C[C@@H](C)n1ccnc1C)CC2. The van der Waals surface area contributed by atoms with E-state index in [2.05, 4.69) is 23.1 Å². The Morgan fingerprint density at radius 1 is 1.38 bits per heavy atom. The van der Waals surface area contributed by atoms with Crippen molar-refractivity contribution in [3.05, 3.63) is 30.9 Å². The zero-order chi connectivity index (χ0) is 18.7. The number of carbonyl (C=O) groups excluding carboxylic acids is 2. The first-order chi connectivity index (χ1) is 12.4. The number of aryl methyl sites for hydroxylation is 1. The van der Waals surface area contributed by atoms with Gasteiger partial charge in [0.25, 0.3) is 0 Å². The molecule has 1 atom stereocenters. The molecule has 26 heavy (non-hydrogen) atoms. The van der Waals surface area contributed by atoms with Crippen LogP contribution in [0.25, 0.3) is 0 Å². The van der Waals surface area contributed by atoms with Crippen LogP contribution in [-0.2, 0) is 9.59 Å². The molecule has 142 valence electrons. The number of aromatic nitrogens is 2. The largest absolute Gasteiger partial charge is 0.343 e. The van der Waals surface area contributed by atoms with Gasteiger partial charge in [-0.15, -0.1) is 6.58 Å². The minimum absolute atomic E-state index is 0.122. The number of hydrogen-bond acceptors (Lipinski definition) is 3. The van der Waals surface area contributed by atoms with Gasteiger partial charge in [0.2, 0.25) is 11.8 Å². The van der Waals surface area contributed by atoms with E-state index in [9.17, 15) is 9.59 Å². The van der Waals surface area contributed by atoms with Crippen LogP contribution in [-0.4, -0.2) is 57.3 Å². The van der Waals surface area contributed by atoms with Crippen molar-refractivity contribution >= 4 is 11.8 Å². The summed E-state index contributed by atoms with van der Waals surface area (Å²) in [6.45, 7) is 10.8. The molecule has 2 aliphatic heterocycles. The first-order valence-corrected chi connectivity index (χ1v) is 9.60. The Balaban J connectivity index is 1.54. The lowest BCUT2D eigenvalue weighted by Gasteiger charge is -2.47. The van der Waals surface area contributed by atoms with Gasteiger partial charge in [0.15, 0.2) is 0 Å². The molecule has 3 rings (SSSR count). The standard InChI is InChI=1S/C20H30N4O2/c1-4-10-23-15-20(6-5-18(23)25)7-11-22(12-8-20)19(26)14-16(2)24-13-9-21-17(24)3/h4,9,13,16H,1,5-8,10-12,14-15H2,2-3H3/t16-/m1/s1. The molecule has 0 unspecified atom stereocenters. The highest BCUT2D eigenvalue weighted by molar-refractivity contribution is 5.78. The molecule has 2 aliphatic rings. The summed E-state index contributed by atoms with van der Waals surface area (Å²) in [6.07, 6.45) is 9.56. The van der Waals surface area contributed by atoms with Gasteiger partial charge in [-0.1, -0.05) is 6.08 Å². The fourth-order valence-corrected chi connectivity index (χ4v) is 4.40. The van der Waals surface area contributed by atoms with Crippen LogP contribution < -0.4 is 0 Å². The molecular weight excluding hydrogens is 328 g/mol. The maximum atomic E-state index is 12.7. The molecular formula is C20H30N4O2. The molecule has 2 saturated heterocycles. The number of nitrogens with zero attached hydrogens (tertiary/aromatic N) is 4. The second-order valence-electron chi connectivity index (χ2n) is 7.88. The van der Waals surface area contributed by atoms with E-state index in [-0.39, 0.29) is 23.3 Å². The highest BCUT2D eigenvalue weighted by Gasteiger charge is 2.41. The van der Waals surface area contributed by atoms with Gasteiger partial charge < -0.3 is 14.4 Å².